The fourth-order valence-corrected chi connectivity index (χ4v) is 12.2. The molecule has 7 atom stereocenters. The van der Waals surface area contributed by atoms with Crippen molar-refractivity contribution < 1.29 is 94.2 Å². The molecular weight excluding hydrogens is 1290 g/mol. The molecule has 35 nitrogen and oxygen atoms in total. The highest BCUT2D eigenvalue weighted by molar-refractivity contribution is 7.68. The Kier molecular flexibility index (Phi) is 27.8. The Balaban J connectivity index is 0.925. The SMILES string of the molecule is CCN=C1C=C(Oc2cc(NCC)ccc2Cc2cc(C(=O)NCCNC(=O)c3cccc(OCC(N=[N+]=[N-])OCCOCC(=O)NCC#Cc4cn([C@H]5C[C@@H](OCN=[N+]=[N-])[C@@H](COP(=O)(O)OP(=O)(O)OP(C)(=O)O)O5)c(=O)[nH]c4=O)c3)ccc2C(=O)O)CC=C1C. The summed E-state index contributed by atoms with van der Waals surface area (Å²) in [4.78, 5) is 118. The van der Waals surface area contributed by atoms with Crippen LogP contribution in [0.25, 0.3) is 20.9 Å². The number of carboxylic acids is 1. The van der Waals surface area contributed by atoms with E-state index in [2.05, 4.69) is 66.8 Å². The molecule has 3 aromatic carbocycles. The number of phosphoric ester groups is 1. The second-order valence-corrected chi connectivity index (χ2v) is 24.8. The minimum absolute atomic E-state index is 0.00951. The largest absolute Gasteiger partial charge is 0.491 e. The summed E-state index contributed by atoms with van der Waals surface area (Å²) < 4.78 is 83.5. The van der Waals surface area contributed by atoms with Crippen LogP contribution >= 0.6 is 23.2 Å². The Labute approximate surface area is 529 Å². The number of phosphoric acid groups is 2. The molecule has 0 radical (unpaired) electrons. The molecule has 6 rings (SSSR count). The number of aromatic carboxylic acids is 1. The zero-order chi connectivity index (χ0) is 67.7. The Morgan fingerprint density at radius 1 is 0.925 bits per heavy atom. The fourth-order valence-electron chi connectivity index (χ4n) is 8.67. The third kappa shape index (κ3) is 24.0. The van der Waals surface area contributed by atoms with Crippen LogP contribution in [0.3, 0.4) is 0 Å². The van der Waals surface area contributed by atoms with Gasteiger partial charge in [0.1, 0.15) is 55.1 Å². The smallest absolute Gasteiger partial charge is 0.488 e. The van der Waals surface area contributed by atoms with E-state index in [1.54, 1.807) is 12.1 Å². The number of benzene rings is 3. The molecule has 1 aliphatic heterocycles. The summed E-state index contributed by atoms with van der Waals surface area (Å²) in [7, 11) is -15.8. The predicted octanol–water partition coefficient (Wildman–Crippen LogP) is 5.71. The number of anilines is 1. The number of hydrogen-bond donors (Lipinski definition) is 9. The van der Waals surface area contributed by atoms with Crippen LogP contribution in [-0.2, 0) is 57.0 Å². The second kappa shape index (κ2) is 35.3. The summed E-state index contributed by atoms with van der Waals surface area (Å²) in [5.41, 5.74) is 19.7. The van der Waals surface area contributed by atoms with Crippen molar-refractivity contribution in [3.8, 4) is 23.3 Å². The topological polar surface area (TPSA) is 496 Å². The van der Waals surface area contributed by atoms with Gasteiger partial charge in [0.25, 0.3) is 17.4 Å². The Hall–Kier alpha value is -8.76. The van der Waals surface area contributed by atoms with E-state index in [9.17, 15) is 62.2 Å². The van der Waals surface area contributed by atoms with Gasteiger partial charge in [0.2, 0.25) is 5.91 Å². The van der Waals surface area contributed by atoms with Crippen molar-refractivity contribution in [1.29, 1.82) is 0 Å². The number of nitrogens with zero attached hydrogens (tertiary/aromatic N) is 8. The number of ether oxygens (including phenoxy) is 6. The van der Waals surface area contributed by atoms with E-state index < -0.39 is 103 Å². The van der Waals surface area contributed by atoms with Crippen molar-refractivity contribution in [3.63, 3.8) is 0 Å². The third-order valence-electron chi connectivity index (χ3n) is 12.8. The lowest BCUT2D eigenvalue weighted by Crippen LogP contribution is -2.34. The Morgan fingerprint density at radius 2 is 1.68 bits per heavy atom. The lowest BCUT2D eigenvalue weighted by Gasteiger charge is -2.21. The molecule has 1 saturated heterocycles. The van der Waals surface area contributed by atoms with Gasteiger partial charge in [-0.2, -0.15) is 4.31 Å². The number of azide groups is 2. The highest BCUT2D eigenvalue weighted by Crippen LogP contribution is 2.66. The summed E-state index contributed by atoms with van der Waals surface area (Å²) in [6.07, 6.45) is 0.347. The zero-order valence-corrected chi connectivity index (χ0v) is 53.0. The number of aromatic nitrogens is 2. The first-order chi connectivity index (χ1) is 44.3. The molecule has 9 N–H and O–H groups in total. The van der Waals surface area contributed by atoms with E-state index in [-0.39, 0.29) is 80.3 Å². The van der Waals surface area contributed by atoms with E-state index in [1.165, 1.54) is 30.3 Å². The molecule has 1 fully saturated rings. The summed E-state index contributed by atoms with van der Waals surface area (Å²) in [6.45, 7) is 4.73. The van der Waals surface area contributed by atoms with E-state index in [4.69, 9.17) is 44.0 Å². The van der Waals surface area contributed by atoms with E-state index >= 15 is 0 Å². The number of rotatable bonds is 35. The van der Waals surface area contributed by atoms with Gasteiger partial charge in [-0.3, -0.25) is 42.8 Å². The van der Waals surface area contributed by atoms with Gasteiger partial charge < -0.3 is 69.5 Å². The molecule has 0 bridgehead atoms. The molecule has 4 unspecified atom stereocenters. The highest BCUT2D eigenvalue weighted by atomic mass is 31.3. The summed E-state index contributed by atoms with van der Waals surface area (Å²) in [5.74, 6) is 3.61. The van der Waals surface area contributed by atoms with Crippen LogP contribution in [0, 0.1) is 11.8 Å². The van der Waals surface area contributed by atoms with Crippen LogP contribution in [0.15, 0.2) is 115 Å². The number of nitrogens with one attached hydrogen (secondary N) is 5. The summed E-state index contributed by atoms with van der Waals surface area (Å²) >= 11 is 0. The molecule has 2 heterocycles. The molecule has 0 saturated carbocycles. The van der Waals surface area contributed by atoms with Crippen LogP contribution in [0.5, 0.6) is 11.5 Å². The van der Waals surface area contributed by atoms with Crippen molar-refractivity contribution in [2.75, 3.05) is 84.5 Å². The molecule has 0 spiro atoms. The van der Waals surface area contributed by atoms with Crippen molar-refractivity contribution in [2.24, 2.45) is 15.2 Å². The highest BCUT2D eigenvalue weighted by Gasteiger charge is 2.43. The number of amides is 3. The van der Waals surface area contributed by atoms with E-state index in [0.29, 0.717) is 48.8 Å². The van der Waals surface area contributed by atoms with Gasteiger partial charge in [0.15, 0.2) is 6.23 Å². The van der Waals surface area contributed by atoms with Crippen molar-refractivity contribution >= 4 is 58.3 Å². The van der Waals surface area contributed by atoms with Crippen LogP contribution in [0.2, 0.25) is 0 Å². The number of carbonyl (C=O) groups excluding carboxylic acids is 3. The molecule has 93 heavy (non-hydrogen) atoms. The second-order valence-electron chi connectivity index (χ2n) is 19.7. The first-order valence-electron chi connectivity index (χ1n) is 28.1. The normalized spacial score (nSPS) is 17.8. The monoisotopic (exact) mass is 1350 g/mol. The van der Waals surface area contributed by atoms with E-state index in [1.807, 2.05) is 56.1 Å². The number of H-pyrrole nitrogens is 1. The standard InChI is InChI=1S/C55H66N13O22P3/c1-5-58-40-15-13-35(45(26-40)87-42-16-12-34(3)44(27-42)59-6-2)23-39-24-37(14-17-43(39)54(73)74)52(71)62-20-19-61-51(70)36-9-7-11-41(25-36)84-32-49(65-67-57)83-22-21-82-31-48(69)60-18-8-10-38-29-68(55(75)64-53(38)72)50-28-46(85-33-63-66-56)47(88-50)30-86-92(78,79)90-93(80,81)89-91(4,76)77/h7,9,11-15,17,24-27,29,46-47,49-50,58H,5-6,16,18-23,28,30-33H2,1-4H3,(H,60,69)(H,61,70)(H,62,71)(H,73,74)(H,76,77)(H,78,79)(H,80,81)(H,64,72,75)/t46-,47-,49?,50-/m1/s1. The van der Waals surface area contributed by atoms with Crippen LogP contribution in [-0.4, -0.2) is 156 Å². The average Bonchev–Trinajstić information content (AvgIpc) is 1.82. The maximum Gasteiger partial charge on any atom is 0.488 e. The molecule has 38 heteroatoms. The summed E-state index contributed by atoms with van der Waals surface area (Å²) in [5, 5.41) is 28.1. The van der Waals surface area contributed by atoms with Gasteiger partial charge in [-0.15, -0.1) is 0 Å². The quantitative estimate of drug-likeness (QED) is 0.00664. The Bertz CT molecular complexity index is 3920. The fraction of sp³-hybridized carbons (Fsp3) is 0.400. The van der Waals surface area contributed by atoms with Crippen LogP contribution < -0.4 is 42.0 Å². The Morgan fingerprint density at radius 3 is 2.38 bits per heavy atom. The molecule has 1 aromatic heterocycles. The minimum Gasteiger partial charge on any atom is -0.491 e. The molecule has 3 amide bonds. The lowest BCUT2D eigenvalue weighted by molar-refractivity contribution is -0.126. The van der Waals surface area contributed by atoms with Gasteiger partial charge in [-0.1, -0.05) is 40.3 Å². The van der Waals surface area contributed by atoms with Crippen LogP contribution in [0.4, 0.5) is 5.69 Å². The minimum atomic E-state index is -5.62. The van der Waals surface area contributed by atoms with Gasteiger partial charge in [-0.05, 0) is 91.0 Å². The average molecular weight is 1350 g/mol. The van der Waals surface area contributed by atoms with E-state index in [0.717, 1.165) is 27.7 Å². The molecule has 4 aromatic rings. The van der Waals surface area contributed by atoms with Gasteiger partial charge in [-0.25, -0.2) is 23.0 Å². The zero-order valence-electron chi connectivity index (χ0n) is 50.3. The number of hydrogen-bond acceptors (Lipinski definition) is 22. The van der Waals surface area contributed by atoms with Crippen molar-refractivity contribution in [2.45, 2.75) is 64.7 Å². The number of carboxylic acid groups (broad SMARTS) is 1. The molecule has 1 aliphatic carbocycles. The van der Waals surface area contributed by atoms with Gasteiger partial charge in [0.05, 0.1) is 43.7 Å². The number of aliphatic imine (C=N–C) groups is 1. The number of carbonyl (C=O) groups is 4. The lowest BCUT2D eigenvalue weighted by atomic mass is 9.96. The number of allylic oxidation sites excluding steroid dienone is 3. The maximum atomic E-state index is 13.4. The molecule has 2 aliphatic rings. The molecule has 498 valence electrons. The van der Waals surface area contributed by atoms with Gasteiger partial charge >= 0.3 is 34.9 Å². The maximum absolute atomic E-state index is 13.4. The first kappa shape index (κ1) is 73.3. The molecular formula is C55H66N13O22P3. The van der Waals surface area contributed by atoms with Crippen LogP contribution in [0.1, 0.15) is 87.6 Å². The number of aromatic amines is 1. The predicted molar refractivity (Wildman–Crippen MR) is 330 cm³/mol. The van der Waals surface area contributed by atoms with Crippen molar-refractivity contribution in [3.05, 3.63) is 165 Å². The third-order valence-corrected chi connectivity index (χ3v) is 16.9. The van der Waals surface area contributed by atoms with Gasteiger partial charge in [0, 0.05) is 97.1 Å². The first-order valence-corrected chi connectivity index (χ1v) is 33.1. The summed E-state index contributed by atoms with van der Waals surface area (Å²) in [6, 6.07) is 15.9. The van der Waals surface area contributed by atoms with Crippen molar-refractivity contribution in [1.82, 2.24) is 25.5 Å².